The van der Waals surface area contributed by atoms with Crippen molar-refractivity contribution >= 4 is 5.91 Å². The Kier molecular flexibility index (Phi) is 6.23. The highest BCUT2D eigenvalue weighted by atomic mass is 19.3. The number of benzene rings is 1. The Morgan fingerprint density at radius 1 is 1.33 bits per heavy atom. The standard InChI is InChI=1S/C15H22F2N2O2/c1-10(2)12(18)13(20)15(16,17)14(21)19-9-8-11-6-4-3-5-7-11/h3-7,10,12-13,20H,8-9,18H2,1-2H3,(H,19,21)/t12-,13+/m0/s1. The van der Waals surface area contributed by atoms with Crippen LogP contribution >= 0.6 is 0 Å². The highest BCUT2D eigenvalue weighted by Gasteiger charge is 2.49. The molecule has 4 nitrogen and oxygen atoms in total. The lowest BCUT2D eigenvalue weighted by molar-refractivity contribution is -0.167. The van der Waals surface area contributed by atoms with Crippen LogP contribution in [-0.2, 0) is 11.2 Å². The summed E-state index contributed by atoms with van der Waals surface area (Å²) in [6.45, 7) is 3.29. The molecule has 0 aliphatic carbocycles. The molecule has 0 saturated heterocycles. The van der Waals surface area contributed by atoms with Crippen molar-refractivity contribution in [1.82, 2.24) is 5.32 Å². The fraction of sp³-hybridized carbons (Fsp3) is 0.533. The van der Waals surface area contributed by atoms with Gasteiger partial charge in [0, 0.05) is 12.6 Å². The van der Waals surface area contributed by atoms with Crippen molar-refractivity contribution in [3.63, 3.8) is 0 Å². The zero-order valence-corrected chi connectivity index (χ0v) is 12.2. The summed E-state index contributed by atoms with van der Waals surface area (Å²) in [5.74, 6) is -5.76. The van der Waals surface area contributed by atoms with Gasteiger partial charge in [0.25, 0.3) is 5.91 Å². The summed E-state index contributed by atoms with van der Waals surface area (Å²) in [5, 5.41) is 11.7. The maximum absolute atomic E-state index is 13.8. The van der Waals surface area contributed by atoms with E-state index in [0.717, 1.165) is 5.56 Å². The SMILES string of the molecule is CC(C)[C@H](N)[C@@H](O)C(F)(F)C(=O)NCCc1ccccc1. The number of alkyl halides is 2. The Morgan fingerprint density at radius 2 is 1.90 bits per heavy atom. The molecule has 0 radical (unpaired) electrons. The van der Waals surface area contributed by atoms with Crippen molar-refractivity contribution < 1.29 is 18.7 Å². The predicted octanol–water partition coefficient (Wildman–Crippen LogP) is 1.32. The lowest BCUT2D eigenvalue weighted by Crippen LogP contribution is -2.57. The second-order valence-electron chi connectivity index (χ2n) is 5.38. The number of nitrogens with two attached hydrogens (primary N) is 1. The average molecular weight is 300 g/mol. The minimum atomic E-state index is -3.90. The number of aliphatic hydroxyl groups is 1. The summed E-state index contributed by atoms with van der Waals surface area (Å²) in [7, 11) is 0. The number of rotatable bonds is 7. The zero-order valence-electron chi connectivity index (χ0n) is 12.2. The third-order valence-electron chi connectivity index (χ3n) is 3.35. The number of carbonyl (C=O) groups excluding carboxylic acids is 1. The fourth-order valence-corrected chi connectivity index (χ4v) is 1.82. The van der Waals surface area contributed by atoms with Crippen molar-refractivity contribution in [3.8, 4) is 0 Å². The molecule has 0 fully saturated rings. The van der Waals surface area contributed by atoms with Crippen LogP contribution in [0.5, 0.6) is 0 Å². The molecule has 0 saturated carbocycles. The molecule has 4 N–H and O–H groups in total. The minimum absolute atomic E-state index is 0.0715. The molecule has 0 unspecified atom stereocenters. The number of aliphatic hydroxyl groups excluding tert-OH is 1. The smallest absolute Gasteiger partial charge is 0.351 e. The summed E-state index contributed by atoms with van der Waals surface area (Å²) in [6.07, 6.45) is -1.76. The lowest BCUT2D eigenvalue weighted by atomic mass is 9.95. The van der Waals surface area contributed by atoms with Gasteiger partial charge in [0.1, 0.15) is 6.10 Å². The van der Waals surface area contributed by atoms with Crippen molar-refractivity contribution in [1.29, 1.82) is 0 Å². The van der Waals surface area contributed by atoms with Gasteiger partial charge in [-0.2, -0.15) is 8.78 Å². The summed E-state index contributed by atoms with van der Waals surface area (Å²) in [4.78, 5) is 11.5. The number of carbonyl (C=O) groups is 1. The van der Waals surface area contributed by atoms with E-state index in [4.69, 9.17) is 5.73 Å². The van der Waals surface area contributed by atoms with Crippen LogP contribution < -0.4 is 11.1 Å². The number of amides is 1. The summed E-state index contributed by atoms with van der Waals surface area (Å²) in [6, 6.07) is 8.02. The molecule has 21 heavy (non-hydrogen) atoms. The van der Waals surface area contributed by atoms with Gasteiger partial charge in [-0.1, -0.05) is 44.2 Å². The van der Waals surface area contributed by atoms with Gasteiger partial charge < -0.3 is 16.2 Å². The predicted molar refractivity (Wildman–Crippen MR) is 76.9 cm³/mol. The van der Waals surface area contributed by atoms with Gasteiger partial charge in [0.15, 0.2) is 0 Å². The molecule has 0 aliphatic rings. The minimum Gasteiger partial charge on any atom is -0.385 e. The third-order valence-corrected chi connectivity index (χ3v) is 3.35. The second kappa shape index (κ2) is 7.47. The summed E-state index contributed by atoms with van der Waals surface area (Å²) >= 11 is 0. The molecule has 1 aromatic carbocycles. The molecule has 6 heteroatoms. The first-order chi connectivity index (χ1) is 9.76. The first kappa shape index (κ1) is 17.5. The van der Waals surface area contributed by atoms with Gasteiger partial charge >= 0.3 is 5.92 Å². The Labute approximate surface area is 123 Å². The average Bonchev–Trinajstić information content (AvgIpc) is 2.46. The molecule has 0 spiro atoms. The van der Waals surface area contributed by atoms with Crippen molar-refractivity contribution in [2.24, 2.45) is 11.7 Å². The van der Waals surface area contributed by atoms with Crippen LogP contribution in [-0.4, -0.2) is 35.6 Å². The van der Waals surface area contributed by atoms with E-state index < -0.39 is 24.0 Å². The molecular formula is C15H22F2N2O2. The molecule has 1 aromatic rings. The Morgan fingerprint density at radius 3 is 2.43 bits per heavy atom. The third kappa shape index (κ3) is 4.75. The fourth-order valence-electron chi connectivity index (χ4n) is 1.82. The van der Waals surface area contributed by atoms with Gasteiger partial charge in [0.2, 0.25) is 0 Å². The van der Waals surface area contributed by atoms with E-state index >= 15 is 0 Å². The quantitative estimate of drug-likeness (QED) is 0.711. The normalized spacial score (nSPS) is 14.8. The van der Waals surface area contributed by atoms with E-state index in [1.54, 1.807) is 13.8 Å². The van der Waals surface area contributed by atoms with Crippen LogP contribution in [0.3, 0.4) is 0 Å². The molecule has 1 amide bonds. The largest absolute Gasteiger partial charge is 0.385 e. The van der Waals surface area contributed by atoms with Crippen LogP contribution in [0.15, 0.2) is 30.3 Å². The van der Waals surface area contributed by atoms with E-state index in [1.165, 1.54) is 0 Å². The van der Waals surface area contributed by atoms with Crippen LogP contribution in [0.1, 0.15) is 19.4 Å². The molecule has 1 rings (SSSR count). The van der Waals surface area contributed by atoms with Crippen molar-refractivity contribution in [2.75, 3.05) is 6.54 Å². The Hall–Kier alpha value is -1.53. The van der Waals surface area contributed by atoms with Crippen LogP contribution in [0.25, 0.3) is 0 Å². The van der Waals surface area contributed by atoms with Crippen LogP contribution in [0.4, 0.5) is 8.78 Å². The monoisotopic (exact) mass is 300 g/mol. The highest BCUT2D eigenvalue weighted by Crippen LogP contribution is 2.23. The zero-order chi connectivity index (χ0) is 16.0. The van der Waals surface area contributed by atoms with Crippen LogP contribution in [0.2, 0.25) is 0 Å². The Balaban J connectivity index is 2.53. The molecule has 0 aromatic heterocycles. The molecular weight excluding hydrogens is 278 g/mol. The van der Waals surface area contributed by atoms with Gasteiger partial charge in [0.05, 0.1) is 0 Å². The van der Waals surface area contributed by atoms with E-state index in [-0.39, 0.29) is 12.5 Å². The molecule has 0 bridgehead atoms. The number of nitrogens with one attached hydrogen (secondary N) is 1. The summed E-state index contributed by atoms with van der Waals surface area (Å²) in [5.41, 5.74) is 6.42. The van der Waals surface area contributed by atoms with Crippen molar-refractivity contribution in [3.05, 3.63) is 35.9 Å². The number of halogens is 2. The van der Waals surface area contributed by atoms with E-state index in [1.807, 2.05) is 30.3 Å². The lowest BCUT2D eigenvalue weighted by Gasteiger charge is -2.28. The van der Waals surface area contributed by atoms with Gasteiger partial charge in [-0.05, 0) is 17.9 Å². The molecule has 0 heterocycles. The van der Waals surface area contributed by atoms with Crippen molar-refractivity contribution in [2.45, 2.75) is 38.3 Å². The van der Waals surface area contributed by atoms with Gasteiger partial charge in [-0.3, -0.25) is 4.79 Å². The highest BCUT2D eigenvalue weighted by molar-refractivity contribution is 5.84. The first-order valence-corrected chi connectivity index (χ1v) is 6.90. The maximum atomic E-state index is 13.8. The first-order valence-electron chi connectivity index (χ1n) is 6.90. The van der Waals surface area contributed by atoms with Gasteiger partial charge in [-0.25, -0.2) is 0 Å². The van der Waals surface area contributed by atoms with E-state index in [9.17, 15) is 18.7 Å². The molecule has 2 atom stereocenters. The maximum Gasteiger partial charge on any atom is 0.351 e. The molecule has 118 valence electrons. The van der Waals surface area contributed by atoms with E-state index in [2.05, 4.69) is 5.32 Å². The van der Waals surface area contributed by atoms with E-state index in [0.29, 0.717) is 6.42 Å². The second-order valence-corrected chi connectivity index (χ2v) is 5.38. The topological polar surface area (TPSA) is 75.3 Å². The van der Waals surface area contributed by atoms with Crippen LogP contribution in [0, 0.1) is 5.92 Å². The van der Waals surface area contributed by atoms with Gasteiger partial charge in [-0.15, -0.1) is 0 Å². The summed E-state index contributed by atoms with van der Waals surface area (Å²) < 4.78 is 27.6. The number of hydrogen-bond donors (Lipinski definition) is 3. The Bertz CT molecular complexity index is 452. The molecule has 0 aliphatic heterocycles. The number of hydrogen-bond acceptors (Lipinski definition) is 3.